The first-order chi connectivity index (χ1) is 6.22. The van der Waals surface area contributed by atoms with E-state index < -0.39 is 5.97 Å². The van der Waals surface area contributed by atoms with Gasteiger partial charge in [-0.25, -0.2) is 4.79 Å². The molecule has 0 aliphatic carbocycles. The van der Waals surface area contributed by atoms with Crippen LogP contribution in [0.3, 0.4) is 0 Å². The van der Waals surface area contributed by atoms with Crippen molar-refractivity contribution in [1.82, 2.24) is 0 Å². The Bertz CT molecular complexity index is 281. The van der Waals surface area contributed by atoms with Gasteiger partial charge in [0.25, 0.3) is 0 Å². The van der Waals surface area contributed by atoms with Gasteiger partial charge in [0.05, 0.1) is 0 Å². The summed E-state index contributed by atoms with van der Waals surface area (Å²) in [5, 5.41) is 0.606. The number of rotatable bonds is 3. The summed E-state index contributed by atoms with van der Waals surface area (Å²) in [6.07, 6.45) is 0.285. The second kappa shape index (κ2) is 4.72. The first-order valence-electron chi connectivity index (χ1n) is 3.85. The predicted octanol–water partition coefficient (Wildman–Crippen LogP) is 2.59. The van der Waals surface area contributed by atoms with Crippen LogP contribution in [0.15, 0.2) is 24.3 Å². The van der Waals surface area contributed by atoms with E-state index in [0.29, 0.717) is 10.8 Å². The molecule has 0 radical (unpaired) electrons. The van der Waals surface area contributed by atoms with Crippen LogP contribution >= 0.6 is 11.6 Å². The van der Waals surface area contributed by atoms with Gasteiger partial charge in [0.15, 0.2) is 5.75 Å². The number of hydrogen-bond donors (Lipinski definition) is 0. The third-order valence-electron chi connectivity index (χ3n) is 1.33. The van der Waals surface area contributed by atoms with Crippen LogP contribution in [0.5, 0.6) is 5.75 Å². The van der Waals surface area contributed by atoms with Gasteiger partial charge in [-0.1, -0.05) is 18.5 Å². The van der Waals surface area contributed by atoms with Gasteiger partial charge >= 0.3 is 5.97 Å². The maximum absolute atomic E-state index is 10.7. The normalized spacial score (nSPS) is 9.38. The summed E-state index contributed by atoms with van der Waals surface area (Å²) < 4.78 is 0. The highest BCUT2D eigenvalue weighted by Crippen LogP contribution is 2.15. The molecule has 4 heteroatoms. The highest BCUT2D eigenvalue weighted by Gasteiger charge is 2.00. The van der Waals surface area contributed by atoms with Gasteiger partial charge in [-0.3, -0.25) is 9.78 Å². The van der Waals surface area contributed by atoms with E-state index in [0.717, 1.165) is 0 Å². The number of hydrogen-bond acceptors (Lipinski definition) is 3. The largest absolute Gasteiger partial charge is 0.355 e. The molecule has 0 bridgehead atoms. The van der Waals surface area contributed by atoms with Crippen molar-refractivity contribution in [3.05, 3.63) is 29.3 Å². The predicted molar refractivity (Wildman–Crippen MR) is 48.5 cm³/mol. The minimum absolute atomic E-state index is 0.285. The summed E-state index contributed by atoms with van der Waals surface area (Å²) >= 11 is 5.64. The van der Waals surface area contributed by atoms with Crippen LogP contribution < -0.4 is 4.89 Å². The zero-order valence-corrected chi connectivity index (χ0v) is 7.88. The van der Waals surface area contributed by atoms with Gasteiger partial charge in [-0.05, 0) is 24.3 Å². The van der Waals surface area contributed by atoms with E-state index in [2.05, 4.69) is 4.89 Å². The second-order valence-electron chi connectivity index (χ2n) is 2.35. The van der Waals surface area contributed by atoms with Crippen LogP contribution in [0.1, 0.15) is 13.3 Å². The van der Waals surface area contributed by atoms with Gasteiger partial charge < -0.3 is 0 Å². The number of carbonyl (C=O) groups excluding carboxylic acids is 1. The lowest BCUT2D eigenvalue weighted by Gasteiger charge is -2.02. The van der Waals surface area contributed by atoms with E-state index in [1.54, 1.807) is 31.2 Å². The lowest BCUT2D eigenvalue weighted by atomic mass is 10.3. The highest BCUT2D eigenvalue weighted by molar-refractivity contribution is 6.30. The number of carbonyl (C=O) groups is 1. The van der Waals surface area contributed by atoms with Crippen molar-refractivity contribution in [2.45, 2.75) is 13.3 Å². The van der Waals surface area contributed by atoms with Crippen molar-refractivity contribution in [1.29, 1.82) is 0 Å². The number of halogens is 1. The molecule has 70 valence electrons. The molecule has 0 aromatic heterocycles. The van der Waals surface area contributed by atoms with E-state index in [-0.39, 0.29) is 6.42 Å². The SMILES string of the molecule is CCC(=O)OOc1ccc(Cl)cc1. The van der Waals surface area contributed by atoms with E-state index in [1.165, 1.54) is 0 Å². The summed E-state index contributed by atoms with van der Waals surface area (Å²) in [6.45, 7) is 1.69. The van der Waals surface area contributed by atoms with Gasteiger partial charge in [0.1, 0.15) is 0 Å². The molecule has 0 fully saturated rings. The van der Waals surface area contributed by atoms with Gasteiger partial charge in [-0.15, -0.1) is 0 Å². The molecule has 1 aromatic carbocycles. The molecule has 0 amide bonds. The Morgan fingerprint density at radius 2 is 2.00 bits per heavy atom. The first kappa shape index (κ1) is 9.86. The fourth-order valence-corrected chi connectivity index (χ4v) is 0.770. The summed E-state index contributed by atoms with van der Waals surface area (Å²) in [6, 6.07) is 6.53. The molecule has 0 saturated heterocycles. The molecule has 3 nitrogen and oxygen atoms in total. The Labute approximate surface area is 81.1 Å². The lowest BCUT2D eigenvalue weighted by Crippen LogP contribution is -2.05. The average molecular weight is 201 g/mol. The molecular weight excluding hydrogens is 192 g/mol. The standard InChI is InChI=1S/C9H9ClO3/c1-2-9(11)13-12-8-5-3-7(10)4-6-8/h3-6H,2H2,1H3. The fraction of sp³-hybridized carbons (Fsp3) is 0.222. The van der Waals surface area contributed by atoms with Crippen molar-refractivity contribution in [3.8, 4) is 5.75 Å². The zero-order chi connectivity index (χ0) is 9.68. The van der Waals surface area contributed by atoms with E-state index in [4.69, 9.17) is 16.5 Å². The summed E-state index contributed by atoms with van der Waals surface area (Å²) in [4.78, 5) is 19.8. The van der Waals surface area contributed by atoms with E-state index >= 15 is 0 Å². The molecule has 1 rings (SSSR count). The molecule has 0 spiro atoms. The maximum Gasteiger partial charge on any atom is 0.355 e. The van der Waals surface area contributed by atoms with Crippen LogP contribution in [0, 0.1) is 0 Å². The van der Waals surface area contributed by atoms with Crippen molar-refractivity contribution in [3.63, 3.8) is 0 Å². The molecule has 0 saturated carbocycles. The number of benzene rings is 1. The lowest BCUT2D eigenvalue weighted by molar-refractivity contribution is -0.213. The Kier molecular flexibility index (Phi) is 3.58. The third kappa shape index (κ3) is 3.34. The van der Waals surface area contributed by atoms with Crippen LogP contribution in [0.25, 0.3) is 0 Å². The van der Waals surface area contributed by atoms with Crippen molar-refractivity contribution in [2.75, 3.05) is 0 Å². The summed E-state index contributed by atoms with van der Waals surface area (Å²) in [5.41, 5.74) is 0. The smallest absolute Gasteiger partial charge is 0.287 e. The van der Waals surface area contributed by atoms with Crippen LogP contribution in [0.2, 0.25) is 5.02 Å². The van der Waals surface area contributed by atoms with Crippen LogP contribution in [-0.2, 0) is 9.68 Å². The van der Waals surface area contributed by atoms with Gasteiger partial charge in [0, 0.05) is 11.4 Å². The molecule has 13 heavy (non-hydrogen) atoms. The molecule has 0 unspecified atom stereocenters. The Balaban J connectivity index is 2.46. The molecule has 0 heterocycles. The summed E-state index contributed by atoms with van der Waals surface area (Å²) in [5.74, 6) is 0.0427. The minimum atomic E-state index is -0.407. The quantitative estimate of drug-likeness (QED) is 0.556. The van der Waals surface area contributed by atoms with Gasteiger partial charge in [0.2, 0.25) is 0 Å². The topological polar surface area (TPSA) is 35.5 Å². The molecule has 0 aliphatic rings. The zero-order valence-electron chi connectivity index (χ0n) is 7.12. The molecule has 0 atom stereocenters. The van der Waals surface area contributed by atoms with Crippen molar-refractivity contribution in [2.24, 2.45) is 0 Å². The van der Waals surface area contributed by atoms with Gasteiger partial charge in [-0.2, -0.15) is 0 Å². The average Bonchev–Trinajstić information content (AvgIpc) is 2.16. The Morgan fingerprint density at radius 3 is 2.54 bits per heavy atom. The van der Waals surface area contributed by atoms with Crippen LogP contribution in [-0.4, -0.2) is 5.97 Å². The third-order valence-corrected chi connectivity index (χ3v) is 1.59. The second-order valence-corrected chi connectivity index (χ2v) is 2.78. The van der Waals surface area contributed by atoms with Crippen molar-refractivity contribution < 1.29 is 14.6 Å². The maximum atomic E-state index is 10.7. The monoisotopic (exact) mass is 200 g/mol. The minimum Gasteiger partial charge on any atom is -0.287 e. The van der Waals surface area contributed by atoms with Crippen molar-refractivity contribution >= 4 is 17.6 Å². The van der Waals surface area contributed by atoms with E-state index in [1.807, 2.05) is 0 Å². The molecule has 0 aliphatic heterocycles. The summed E-state index contributed by atoms with van der Waals surface area (Å²) in [7, 11) is 0. The molecule has 1 aromatic rings. The first-order valence-corrected chi connectivity index (χ1v) is 4.23. The Hall–Kier alpha value is -1.22. The fourth-order valence-electron chi connectivity index (χ4n) is 0.644. The highest BCUT2D eigenvalue weighted by atomic mass is 35.5. The Morgan fingerprint density at radius 1 is 1.38 bits per heavy atom. The van der Waals surface area contributed by atoms with E-state index in [9.17, 15) is 4.79 Å². The van der Waals surface area contributed by atoms with Crippen LogP contribution in [0.4, 0.5) is 0 Å². The molecule has 0 N–H and O–H groups in total. The molecular formula is C9H9ClO3.